The third-order valence-corrected chi connectivity index (χ3v) is 5.78. The summed E-state index contributed by atoms with van der Waals surface area (Å²) in [4.78, 5) is 26.5. The summed E-state index contributed by atoms with van der Waals surface area (Å²) in [5.74, 6) is -0.171. The second-order valence-corrected chi connectivity index (χ2v) is 8.64. The molecule has 0 bridgehead atoms. The second kappa shape index (κ2) is 8.07. The van der Waals surface area contributed by atoms with Crippen molar-refractivity contribution < 1.29 is 14.7 Å². The van der Waals surface area contributed by atoms with E-state index in [4.69, 9.17) is 11.6 Å². The number of carbonyl (C=O) groups is 2. The topological polar surface area (TPSA) is 81.7 Å². The third kappa shape index (κ3) is 4.38. The predicted octanol–water partition coefficient (Wildman–Crippen LogP) is 2.74. The molecule has 7 heteroatoms. The minimum absolute atomic E-state index is 0.0463. The SMILES string of the molecule is CNC(=O)N[C@@H](C(=O)N1CC[C@](O)(c2ccc(Cl)cc2)C(C)(C)C1)C(C)C. The number of urea groups is 1. The molecule has 2 atom stereocenters. The van der Waals surface area contributed by atoms with Crippen molar-refractivity contribution in [3.8, 4) is 0 Å². The number of benzene rings is 1. The average molecular weight is 396 g/mol. The number of likely N-dealkylation sites (tertiary alicyclic amines) is 1. The molecule has 150 valence electrons. The van der Waals surface area contributed by atoms with Crippen molar-refractivity contribution >= 4 is 23.5 Å². The van der Waals surface area contributed by atoms with Crippen molar-refractivity contribution in [2.24, 2.45) is 11.3 Å². The molecular formula is C20H30ClN3O3. The molecule has 1 aliphatic rings. The molecule has 1 aliphatic heterocycles. The maximum absolute atomic E-state index is 13.1. The summed E-state index contributed by atoms with van der Waals surface area (Å²) in [5, 5.41) is 17.3. The van der Waals surface area contributed by atoms with Crippen LogP contribution in [-0.4, -0.2) is 48.1 Å². The lowest BCUT2D eigenvalue weighted by Gasteiger charge is -2.51. The number of halogens is 1. The second-order valence-electron chi connectivity index (χ2n) is 8.21. The number of hydrogen-bond acceptors (Lipinski definition) is 3. The average Bonchev–Trinajstić information content (AvgIpc) is 2.61. The molecule has 1 aromatic rings. The number of carbonyl (C=O) groups excluding carboxylic acids is 2. The van der Waals surface area contributed by atoms with Crippen LogP contribution in [0.4, 0.5) is 4.79 Å². The Morgan fingerprint density at radius 3 is 2.30 bits per heavy atom. The molecular weight excluding hydrogens is 366 g/mol. The Kier molecular flexibility index (Phi) is 6.43. The van der Waals surface area contributed by atoms with Gasteiger partial charge in [0.05, 0.1) is 5.60 Å². The van der Waals surface area contributed by atoms with Crippen LogP contribution in [0.1, 0.15) is 39.7 Å². The van der Waals surface area contributed by atoms with E-state index < -0.39 is 17.1 Å². The highest BCUT2D eigenvalue weighted by molar-refractivity contribution is 6.30. The van der Waals surface area contributed by atoms with Crippen LogP contribution in [0.2, 0.25) is 5.02 Å². The van der Waals surface area contributed by atoms with E-state index in [-0.39, 0.29) is 17.9 Å². The van der Waals surface area contributed by atoms with E-state index in [0.717, 1.165) is 5.56 Å². The Morgan fingerprint density at radius 1 is 1.22 bits per heavy atom. The van der Waals surface area contributed by atoms with Gasteiger partial charge in [0.1, 0.15) is 6.04 Å². The number of hydrogen-bond donors (Lipinski definition) is 3. The van der Waals surface area contributed by atoms with Gasteiger partial charge in [0.2, 0.25) is 5.91 Å². The number of nitrogens with zero attached hydrogens (tertiary/aromatic N) is 1. The van der Waals surface area contributed by atoms with Gasteiger partial charge in [-0.05, 0) is 30.0 Å². The predicted molar refractivity (Wildman–Crippen MR) is 107 cm³/mol. The molecule has 3 amide bonds. The lowest BCUT2D eigenvalue weighted by molar-refractivity contribution is -0.155. The van der Waals surface area contributed by atoms with Crippen molar-refractivity contribution in [2.45, 2.75) is 45.8 Å². The highest BCUT2D eigenvalue weighted by Gasteiger charge is 2.50. The van der Waals surface area contributed by atoms with E-state index in [2.05, 4.69) is 10.6 Å². The van der Waals surface area contributed by atoms with Crippen LogP contribution in [-0.2, 0) is 10.4 Å². The lowest BCUT2D eigenvalue weighted by atomic mass is 9.66. The first-order valence-corrected chi connectivity index (χ1v) is 9.65. The minimum Gasteiger partial charge on any atom is -0.384 e. The summed E-state index contributed by atoms with van der Waals surface area (Å²) in [7, 11) is 1.52. The molecule has 0 aromatic heterocycles. The molecule has 27 heavy (non-hydrogen) atoms. The van der Waals surface area contributed by atoms with Crippen LogP contribution >= 0.6 is 11.6 Å². The molecule has 2 rings (SSSR count). The van der Waals surface area contributed by atoms with E-state index in [9.17, 15) is 14.7 Å². The standard InChI is InChI=1S/C20H30ClN3O3/c1-13(2)16(23-18(26)22-5)17(25)24-11-10-20(27,19(3,4)12-24)14-6-8-15(21)9-7-14/h6-9,13,16,27H,10-12H2,1-5H3,(H2,22,23,26)/t16-,20+/m1/s1. The largest absolute Gasteiger partial charge is 0.384 e. The van der Waals surface area contributed by atoms with Gasteiger partial charge in [0, 0.05) is 30.6 Å². The van der Waals surface area contributed by atoms with E-state index in [1.54, 1.807) is 17.0 Å². The van der Waals surface area contributed by atoms with Gasteiger partial charge in [-0.2, -0.15) is 0 Å². The number of piperidine rings is 1. The molecule has 1 fully saturated rings. The molecule has 0 aliphatic carbocycles. The zero-order valence-corrected chi connectivity index (χ0v) is 17.4. The van der Waals surface area contributed by atoms with Gasteiger partial charge in [-0.3, -0.25) is 4.79 Å². The molecule has 0 radical (unpaired) electrons. The molecule has 1 saturated heterocycles. The van der Waals surface area contributed by atoms with Crippen LogP contribution < -0.4 is 10.6 Å². The van der Waals surface area contributed by atoms with Gasteiger partial charge in [-0.1, -0.05) is 51.4 Å². The summed E-state index contributed by atoms with van der Waals surface area (Å²) >= 11 is 5.98. The summed E-state index contributed by atoms with van der Waals surface area (Å²) in [6.07, 6.45) is 0.415. The van der Waals surface area contributed by atoms with Gasteiger partial charge in [-0.15, -0.1) is 0 Å². The number of aliphatic hydroxyl groups is 1. The van der Waals surface area contributed by atoms with Crippen LogP contribution in [0.5, 0.6) is 0 Å². The van der Waals surface area contributed by atoms with Gasteiger partial charge in [0.25, 0.3) is 0 Å². The molecule has 1 aromatic carbocycles. The van der Waals surface area contributed by atoms with Gasteiger partial charge < -0.3 is 20.6 Å². The maximum Gasteiger partial charge on any atom is 0.315 e. The number of nitrogens with one attached hydrogen (secondary N) is 2. The van der Waals surface area contributed by atoms with Crippen LogP contribution in [0, 0.1) is 11.3 Å². The summed E-state index contributed by atoms with van der Waals surface area (Å²) in [6.45, 7) is 8.52. The maximum atomic E-state index is 13.1. The third-order valence-electron chi connectivity index (χ3n) is 5.53. The number of amides is 3. The van der Waals surface area contributed by atoms with Gasteiger partial charge in [-0.25, -0.2) is 4.79 Å². The Morgan fingerprint density at radius 2 is 1.81 bits per heavy atom. The van der Waals surface area contributed by atoms with E-state index in [1.165, 1.54) is 7.05 Å². The molecule has 0 saturated carbocycles. The van der Waals surface area contributed by atoms with Crippen molar-refractivity contribution in [3.63, 3.8) is 0 Å². The Labute approximate surface area is 166 Å². The Balaban J connectivity index is 2.21. The van der Waals surface area contributed by atoms with E-state index in [0.29, 0.717) is 24.5 Å². The smallest absolute Gasteiger partial charge is 0.315 e. The van der Waals surface area contributed by atoms with Crippen molar-refractivity contribution in [3.05, 3.63) is 34.9 Å². The molecule has 3 N–H and O–H groups in total. The molecule has 0 spiro atoms. The fourth-order valence-corrected chi connectivity index (χ4v) is 3.82. The molecule has 0 unspecified atom stereocenters. The first-order chi connectivity index (χ1) is 12.5. The van der Waals surface area contributed by atoms with Crippen molar-refractivity contribution in [1.29, 1.82) is 0 Å². The lowest BCUT2D eigenvalue weighted by Crippen LogP contribution is -2.61. The van der Waals surface area contributed by atoms with Gasteiger partial charge >= 0.3 is 6.03 Å². The van der Waals surface area contributed by atoms with Crippen LogP contribution in [0.25, 0.3) is 0 Å². The number of rotatable bonds is 4. The van der Waals surface area contributed by atoms with Crippen LogP contribution in [0.15, 0.2) is 24.3 Å². The molecule has 6 nitrogen and oxygen atoms in total. The first-order valence-electron chi connectivity index (χ1n) is 9.27. The van der Waals surface area contributed by atoms with Crippen molar-refractivity contribution in [1.82, 2.24) is 15.5 Å². The summed E-state index contributed by atoms with van der Waals surface area (Å²) in [5.41, 5.74) is -0.827. The zero-order chi connectivity index (χ0) is 20.4. The highest BCUT2D eigenvalue weighted by atomic mass is 35.5. The summed E-state index contributed by atoms with van der Waals surface area (Å²) < 4.78 is 0. The first kappa shape index (κ1) is 21.5. The quantitative estimate of drug-likeness (QED) is 0.733. The highest BCUT2D eigenvalue weighted by Crippen LogP contribution is 2.46. The zero-order valence-electron chi connectivity index (χ0n) is 16.7. The fourth-order valence-electron chi connectivity index (χ4n) is 3.69. The Bertz CT molecular complexity index is 690. The summed E-state index contributed by atoms with van der Waals surface area (Å²) in [6, 6.07) is 6.23. The minimum atomic E-state index is -1.06. The van der Waals surface area contributed by atoms with Gasteiger partial charge in [0.15, 0.2) is 0 Å². The monoisotopic (exact) mass is 395 g/mol. The molecule has 1 heterocycles. The van der Waals surface area contributed by atoms with Crippen molar-refractivity contribution in [2.75, 3.05) is 20.1 Å². The normalized spacial score (nSPS) is 23.0. The fraction of sp³-hybridized carbons (Fsp3) is 0.600. The van der Waals surface area contributed by atoms with E-state index >= 15 is 0 Å². The van der Waals surface area contributed by atoms with E-state index in [1.807, 2.05) is 39.8 Å². The Hall–Kier alpha value is -1.79. The van der Waals surface area contributed by atoms with Crippen LogP contribution in [0.3, 0.4) is 0 Å².